The van der Waals surface area contributed by atoms with Crippen molar-refractivity contribution in [3.63, 3.8) is 0 Å². The van der Waals surface area contributed by atoms with Crippen LogP contribution in [0.3, 0.4) is 0 Å². The molecule has 0 spiro atoms. The molecule has 2 unspecified atom stereocenters. The van der Waals surface area contributed by atoms with Gasteiger partial charge in [-0.1, -0.05) is 50.2 Å². The van der Waals surface area contributed by atoms with E-state index in [4.69, 9.17) is 4.43 Å². The van der Waals surface area contributed by atoms with Gasteiger partial charge >= 0.3 is 0 Å². The van der Waals surface area contributed by atoms with Gasteiger partial charge in [0.15, 0.2) is 8.32 Å². The van der Waals surface area contributed by atoms with Gasteiger partial charge in [-0.2, -0.15) is 0 Å². The summed E-state index contributed by atoms with van der Waals surface area (Å²) in [5.74, 6) is 0.408. The molecule has 25 heavy (non-hydrogen) atoms. The maximum atomic E-state index is 9.81. The second-order valence-corrected chi connectivity index (χ2v) is 15.7. The lowest BCUT2D eigenvalue weighted by atomic mass is 10.0. The highest BCUT2D eigenvalue weighted by molar-refractivity contribution is 6.74. The summed E-state index contributed by atoms with van der Waals surface area (Å²) in [4.78, 5) is 0. The molecule has 1 aromatic rings. The first-order chi connectivity index (χ1) is 11.6. The Hall–Kier alpha value is -0.686. The number of hydrogen-bond donors (Lipinski definition) is 1. The van der Waals surface area contributed by atoms with Gasteiger partial charge in [-0.05, 0) is 61.1 Å². The molecule has 1 aliphatic rings. The number of hydrogen-bond acceptors (Lipinski definition) is 2. The van der Waals surface area contributed by atoms with Gasteiger partial charge in [0.25, 0.3) is 0 Å². The van der Waals surface area contributed by atoms with Crippen molar-refractivity contribution in [3.8, 4) is 0 Å². The Morgan fingerprint density at radius 3 is 2.52 bits per heavy atom. The highest BCUT2D eigenvalue weighted by Gasteiger charge is 2.42. The van der Waals surface area contributed by atoms with Crippen LogP contribution in [0.4, 0.5) is 0 Å². The number of aryl methyl sites for hydroxylation is 1. The van der Waals surface area contributed by atoms with Crippen molar-refractivity contribution in [3.05, 3.63) is 41.0 Å². The summed E-state index contributed by atoms with van der Waals surface area (Å²) in [6, 6.07) is 7.88. The first-order valence-corrected chi connectivity index (χ1v) is 14.2. The van der Waals surface area contributed by atoms with Crippen molar-refractivity contribution in [2.75, 3.05) is 6.61 Å². The molecule has 0 aliphatic heterocycles. The van der Waals surface area contributed by atoms with Crippen molar-refractivity contribution >= 4 is 23.0 Å². The highest BCUT2D eigenvalue weighted by Crippen LogP contribution is 2.41. The van der Waals surface area contributed by atoms with E-state index in [9.17, 15) is 5.11 Å². The first kappa shape index (κ1) is 20.6. The Kier molecular flexibility index (Phi) is 6.52. The molecule has 4 heteroatoms. The molecule has 0 amide bonds. The predicted octanol–water partition coefficient (Wildman–Crippen LogP) is 3.84. The normalized spacial score (nSPS) is 22.0. The smallest absolute Gasteiger partial charge is 0.192 e. The van der Waals surface area contributed by atoms with Gasteiger partial charge in [-0.25, -0.2) is 0 Å². The maximum absolute atomic E-state index is 9.81. The highest BCUT2D eigenvalue weighted by atomic mass is 28.4. The van der Waals surface area contributed by atoms with Crippen molar-refractivity contribution in [1.29, 1.82) is 0 Å². The van der Waals surface area contributed by atoms with E-state index in [-0.39, 0.29) is 27.3 Å². The number of rotatable bonds is 6. The number of aliphatic hydroxyl groups is 1. The topological polar surface area (TPSA) is 29.5 Å². The standard InChI is InChI=1S/C21H36O2Si2/c1-15-9-8-10-20(16(15)2)24-14-18-17(13-22)11-12-19(18)23-25(6,7)21(3,4)5/h8-11,18-19,22H,12-14,24H2,1-7H3. The van der Waals surface area contributed by atoms with Gasteiger partial charge in [0.05, 0.1) is 22.2 Å². The van der Waals surface area contributed by atoms with Crippen LogP contribution < -0.4 is 5.19 Å². The Balaban J connectivity index is 2.11. The average Bonchev–Trinajstić information content (AvgIpc) is 2.89. The van der Waals surface area contributed by atoms with E-state index in [0.717, 1.165) is 6.42 Å². The molecule has 0 saturated carbocycles. The average molecular weight is 377 g/mol. The van der Waals surface area contributed by atoms with Gasteiger partial charge < -0.3 is 9.53 Å². The zero-order chi connectivity index (χ0) is 18.8. The molecule has 0 aromatic heterocycles. The van der Waals surface area contributed by atoms with Crippen molar-refractivity contribution in [2.45, 2.75) is 71.3 Å². The first-order valence-electron chi connectivity index (χ1n) is 9.59. The Morgan fingerprint density at radius 2 is 1.92 bits per heavy atom. The molecule has 1 N–H and O–H groups in total. The molecule has 2 atom stereocenters. The lowest BCUT2D eigenvalue weighted by Crippen LogP contribution is -2.45. The van der Waals surface area contributed by atoms with E-state index in [0.29, 0.717) is 5.92 Å². The minimum absolute atomic E-state index is 0.184. The van der Waals surface area contributed by atoms with Crippen LogP contribution >= 0.6 is 0 Å². The molecule has 140 valence electrons. The van der Waals surface area contributed by atoms with Crippen molar-refractivity contribution < 1.29 is 9.53 Å². The summed E-state index contributed by atoms with van der Waals surface area (Å²) >= 11 is 0. The van der Waals surface area contributed by atoms with E-state index in [2.05, 4.69) is 72.0 Å². The molecule has 1 aliphatic carbocycles. The molecule has 0 radical (unpaired) electrons. The molecular weight excluding hydrogens is 340 g/mol. The van der Waals surface area contributed by atoms with Gasteiger partial charge in [0.1, 0.15) is 0 Å². The van der Waals surface area contributed by atoms with Crippen LogP contribution in [0.5, 0.6) is 0 Å². The lowest BCUT2D eigenvalue weighted by molar-refractivity contribution is 0.149. The van der Waals surface area contributed by atoms with Crippen LogP contribution in [0.2, 0.25) is 24.2 Å². The SMILES string of the molecule is Cc1cccc([SiH2]CC2C(CO)=CCC2O[Si](C)(C)C(C)(C)C)c1C. The second-order valence-electron chi connectivity index (χ2n) is 9.09. The van der Waals surface area contributed by atoms with Gasteiger partial charge in [-0.3, -0.25) is 0 Å². The summed E-state index contributed by atoms with van der Waals surface area (Å²) in [5, 5.41) is 11.6. The van der Waals surface area contributed by atoms with E-state index in [1.165, 1.54) is 22.7 Å². The molecule has 2 rings (SSSR count). The largest absolute Gasteiger partial charge is 0.413 e. The summed E-state index contributed by atoms with van der Waals surface area (Å²) in [5.41, 5.74) is 4.06. The fraction of sp³-hybridized carbons (Fsp3) is 0.619. The summed E-state index contributed by atoms with van der Waals surface area (Å²) in [6.07, 6.45) is 3.47. The molecule has 0 saturated heterocycles. The monoisotopic (exact) mass is 376 g/mol. The van der Waals surface area contributed by atoms with Crippen LogP contribution in [-0.4, -0.2) is 35.7 Å². The molecule has 0 heterocycles. The molecule has 0 bridgehead atoms. The zero-order valence-corrected chi connectivity index (χ0v) is 19.6. The van der Waals surface area contributed by atoms with Gasteiger partial charge in [-0.15, -0.1) is 0 Å². The fourth-order valence-electron chi connectivity index (χ4n) is 3.45. The van der Waals surface area contributed by atoms with Crippen LogP contribution in [0, 0.1) is 19.8 Å². The summed E-state index contributed by atoms with van der Waals surface area (Å²) in [6.45, 7) is 16.2. The van der Waals surface area contributed by atoms with Gasteiger partial charge in [0.2, 0.25) is 0 Å². The lowest BCUT2D eigenvalue weighted by Gasteiger charge is -2.40. The van der Waals surface area contributed by atoms with E-state index in [1.807, 2.05) is 0 Å². The van der Waals surface area contributed by atoms with Crippen LogP contribution in [0.1, 0.15) is 38.3 Å². The summed E-state index contributed by atoms with van der Waals surface area (Å²) in [7, 11) is -2.15. The Morgan fingerprint density at radius 1 is 1.24 bits per heavy atom. The Bertz CT molecular complexity index is 629. The van der Waals surface area contributed by atoms with Crippen molar-refractivity contribution in [2.24, 2.45) is 5.92 Å². The predicted molar refractivity (Wildman–Crippen MR) is 114 cm³/mol. The van der Waals surface area contributed by atoms with Crippen molar-refractivity contribution in [1.82, 2.24) is 0 Å². The van der Waals surface area contributed by atoms with Crippen LogP contribution in [0.15, 0.2) is 29.8 Å². The number of benzene rings is 1. The molecule has 0 fully saturated rings. The van der Waals surface area contributed by atoms with E-state index in [1.54, 1.807) is 5.19 Å². The maximum Gasteiger partial charge on any atom is 0.192 e. The fourth-order valence-corrected chi connectivity index (χ4v) is 7.15. The zero-order valence-electron chi connectivity index (χ0n) is 17.1. The van der Waals surface area contributed by atoms with Gasteiger partial charge in [0, 0.05) is 5.92 Å². The minimum atomic E-state index is -1.78. The second kappa shape index (κ2) is 7.91. The van der Waals surface area contributed by atoms with Crippen LogP contribution in [0.25, 0.3) is 0 Å². The molecule has 1 aromatic carbocycles. The third-order valence-electron chi connectivity index (χ3n) is 6.41. The van der Waals surface area contributed by atoms with E-state index < -0.39 is 8.32 Å². The van der Waals surface area contributed by atoms with Crippen LogP contribution in [-0.2, 0) is 4.43 Å². The third kappa shape index (κ3) is 4.73. The van der Waals surface area contributed by atoms with E-state index >= 15 is 0 Å². The number of aliphatic hydroxyl groups excluding tert-OH is 1. The molecule has 2 nitrogen and oxygen atoms in total. The minimum Gasteiger partial charge on any atom is -0.413 e. The quantitative estimate of drug-likeness (QED) is 0.604. The summed E-state index contributed by atoms with van der Waals surface area (Å²) < 4.78 is 6.75. The Labute approximate surface area is 157 Å². The third-order valence-corrected chi connectivity index (χ3v) is 13.1. The molecular formula is C21H36O2Si2.